The summed E-state index contributed by atoms with van der Waals surface area (Å²) < 4.78 is 11.9. The summed E-state index contributed by atoms with van der Waals surface area (Å²) in [5.74, 6) is 1.60. The number of hydrogen-bond acceptors (Lipinski definition) is 5. The third-order valence-corrected chi connectivity index (χ3v) is 2.94. The number of carbonyl (C=O) groups is 1. The largest absolute Gasteiger partial charge is 0.497 e. The molecule has 1 amide bonds. The van der Waals surface area contributed by atoms with Crippen molar-refractivity contribution in [3.63, 3.8) is 0 Å². The Bertz CT molecular complexity index is 624. The minimum absolute atomic E-state index is 0.121. The first-order valence-corrected chi connectivity index (χ1v) is 6.39. The van der Waals surface area contributed by atoms with Gasteiger partial charge in [0.25, 0.3) is 0 Å². The van der Waals surface area contributed by atoms with Gasteiger partial charge in [-0.1, -0.05) is 0 Å². The van der Waals surface area contributed by atoms with E-state index in [1.54, 1.807) is 32.5 Å². The summed E-state index contributed by atoms with van der Waals surface area (Å²) in [6.07, 6.45) is 1.66. The van der Waals surface area contributed by atoms with Crippen molar-refractivity contribution in [3.8, 4) is 11.5 Å². The van der Waals surface area contributed by atoms with Crippen LogP contribution in [0.4, 0.5) is 5.82 Å². The molecule has 112 valence electrons. The molecule has 0 bridgehead atoms. The lowest BCUT2D eigenvalue weighted by Crippen LogP contribution is -2.27. The Kier molecular flexibility index (Phi) is 4.65. The Morgan fingerprint density at radius 2 is 2.14 bits per heavy atom. The van der Waals surface area contributed by atoms with E-state index in [1.807, 2.05) is 12.1 Å². The van der Waals surface area contributed by atoms with E-state index in [-0.39, 0.29) is 12.5 Å². The van der Waals surface area contributed by atoms with Gasteiger partial charge in [0.05, 0.1) is 14.2 Å². The molecule has 0 fully saturated rings. The van der Waals surface area contributed by atoms with Gasteiger partial charge in [-0.25, -0.2) is 0 Å². The maximum Gasteiger partial charge on any atom is 0.242 e. The third-order valence-electron chi connectivity index (χ3n) is 2.94. The first-order valence-electron chi connectivity index (χ1n) is 6.39. The van der Waals surface area contributed by atoms with Crippen LogP contribution in [0.1, 0.15) is 5.56 Å². The maximum absolute atomic E-state index is 11.8. The lowest BCUT2D eigenvalue weighted by molar-refractivity contribution is -0.122. The van der Waals surface area contributed by atoms with E-state index in [2.05, 4.69) is 10.4 Å². The van der Waals surface area contributed by atoms with Crippen LogP contribution in [0.3, 0.4) is 0 Å². The summed E-state index contributed by atoms with van der Waals surface area (Å²) in [4.78, 5) is 11.8. The number of nitrogen functional groups attached to an aromatic ring is 1. The standard InChI is InChI=1S/C14H18N4O3/c1-20-11-4-3-10(12(7-11)21-2)8-16-14(19)9-18-6-5-13(15)17-18/h3-7H,8-9H2,1-2H3,(H2,15,17)(H,16,19). The fourth-order valence-electron chi connectivity index (χ4n) is 1.86. The van der Waals surface area contributed by atoms with E-state index in [0.717, 1.165) is 5.56 Å². The Labute approximate surface area is 122 Å². The van der Waals surface area contributed by atoms with Crippen molar-refractivity contribution in [2.45, 2.75) is 13.1 Å². The second kappa shape index (κ2) is 6.65. The zero-order valence-corrected chi connectivity index (χ0v) is 12.0. The van der Waals surface area contributed by atoms with Gasteiger partial charge >= 0.3 is 0 Å². The van der Waals surface area contributed by atoms with Gasteiger partial charge in [0.2, 0.25) is 5.91 Å². The maximum atomic E-state index is 11.8. The van der Waals surface area contributed by atoms with Gasteiger partial charge < -0.3 is 20.5 Å². The number of hydrogen-bond donors (Lipinski definition) is 2. The average molecular weight is 290 g/mol. The summed E-state index contributed by atoms with van der Waals surface area (Å²) in [7, 11) is 3.17. The summed E-state index contributed by atoms with van der Waals surface area (Å²) in [6, 6.07) is 7.08. The Hall–Kier alpha value is -2.70. The van der Waals surface area contributed by atoms with Gasteiger partial charge in [-0.15, -0.1) is 0 Å². The number of benzene rings is 1. The molecule has 2 rings (SSSR count). The number of nitrogens with one attached hydrogen (secondary N) is 1. The Morgan fingerprint density at radius 3 is 2.76 bits per heavy atom. The first-order chi connectivity index (χ1) is 10.1. The third kappa shape index (κ3) is 3.88. The highest BCUT2D eigenvalue weighted by molar-refractivity contribution is 5.75. The molecule has 0 atom stereocenters. The number of aromatic nitrogens is 2. The van der Waals surface area contributed by atoms with Crippen molar-refractivity contribution < 1.29 is 14.3 Å². The van der Waals surface area contributed by atoms with Gasteiger partial charge in [-0.2, -0.15) is 5.10 Å². The van der Waals surface area contributed by atoms with Gasteiger partial charge in [0.1, 0.15) is 23.9 Å². The number of methoxy groups -OCH3 is 2. The zero-order chi connectivity index (χ0) is 15.2. The number of nitrogens with two attached hydrogens (primary N) is 1. The summed E-state index contributed by atoms with van der Waals surface area (Å²) in [5.41, 5.74) is 6.36. The number of nitrogens with zero attached hydrogens (tertiary/aromatic N) is 2. The van der Waals surface area contributed by atoms with E-state index in [4.69, 9.17) is 15.2 Å². The van der Waals surface area contributed by atoms with Crippen molar-refractivity contribution in [2.75, 3.05) is 20.0 Å². The Balaban J connectivity index is 1.94. The van der Waals surface area contributed by atoms with Crippen LogP contribution < -0.4 is 20.5 Å². The molecule has 0 unspecified atom stereocenters. The van der Waals surface area contributed by atoms with Crippen molar-refractivity contribution in [3.05, 3.63) is 36.0 Å². The molecule has 0 aliphatic rings. The Morgan fingerprint density at radius 1 is 1.33 bits per heavy atom. The van der Waals surface area contributed by atoms with E-state index < -0.39 is 0 Å². The second-order valence-corrected chi connectivity index (χ2v) is 4.39. The fourth-order valence-corrected chi connectivity index (χ4v) is 1.86. The molecule has 21 heavy (non-hydrogen) atoms. The fraction of sp³-hybridized carbons (Fsp3) is 0.286. The lowest BCUT2D eigenvalue weighted by atomic mass is 10.2. The molecule has 1 aromatic carbocycles. The van der Waals surface area contributed by atoms with Crippen LogP contribution in [0.2, 0.25) is 0 Å². The zero-order valence-electron chi connectivity index (χ0n) is 12.0. The monoisotopic (exact) mass is 290 g/mol. The number of amides is 1. The molecule has 7 heteroatoms. The van der Waals surface area contributed by atoms with Crippen LogP contribution >= 0.6 is 0 Å². The molecular formula is C14H18N4O3. The molecule has 3 N–H and O–H groups in total. The van der Waals surface area contributed by atoms with Crippen molar-refractivity contribution >= 4 is 11.7 Å². The highest BCUT2D eigenvalue weighted by Crippen LogP contribution is 2.24. The number of carbonyl (C=O) groups excluding carboxylic acids is 1. The van der Waals surface area contributed by atoms with E-state index >= 15 is 0 Å². The first kappa shape index (κ1) is 14.7. The minimum atomic E-state index is -0.157. The van der Waals surface area contributed by atoms with E-state index in [9.17, 15) is 4.79 Å². The smallest absolute Gasteiger partial charge is 0.242 e. The molecule has 0 saturated heterocycles. The lowest BCUT2D eigenvalue weighted by Gasteiger charge is -2.11. The van der Waals surface area contributed by atoms with Crippen LogP contribution in [0.15, 0.2) is 30.5 Å². The van der Waals surface area contributed by atoms with E-state index in [1.165, 1.54) is 4.68 Å². The van der Waals surface area contributed by atoms with Crippen molar-refractivity contribution in [2.24, 2.45) is 0 Å². The molecule has 0 spiro atoms. The predicted molar refractivity (Wildman–Crippen MR) is 78.0 cm³/mol. The number of ether oxygens (including phenoxy) is 2. The SMILES string of the molecule is COc1ccc(CNC(=O)Cn2ccc(N)n2)c(OC)c1. The van der Waals surface area contributed by atoms with Crippen molar-refractivity contribution in [1.82, 2.24) is 15.1 Å². The highest BCUT2D eigenvalue weighted by atomic mass is 16.5. The minimum Gasteiger partial charge on any atom is -0.497 e. The van der Waals surface area contributed by atoms with Gasteiger partial charge in [-0.05, 0) is 18.2 Å². The van der Waals surface area contributed by atoms with Crippen LogP contribution in [0.5, 0.6) is 11.5 Å². The molecule has 0 aliphatic carbocycles. The van der Waals surface area contributed by atoms with Crippen LogP contribution in [-0.2, 0) is 17.9 Å². The summed E-state index contributed by atoms with van der Waals surface area (Å²) in [6.45, 7) is 0.485. The van der Waals surface area contributed by atoms with Crippen LogP contribution in [0, 0.1) is 0 Å². The molecule has 0 aliphatic heterocycles. The van der Waals surface area contributed by atoms with Crippen molar-refractivity contribution in [1.29, 1.82) is 0 Å². The van der Waals surface area contributed by atoms with Crippen LogP contribution in [-0.4, -0.2) is 29.9 Å². The topological polar surface area (TPSA) is 91.4 Å². The quantitative estimate of drug-likeness (QED) is 0.821. The van der Waals surface area contributed by atoms with Gasteiger partial charge in [0.15, 0.2) is 0 Å². The highest BCUT2D eigenvalue weighted by Gasteiger charge is 2.08. The second-order valence-electron chi connectivity index (χ2n) is 4.39. The molecule has 0 saturated carbocycles. The normalized spacial score (nSPS) is 10.2. The molecule has 2 aromatic rings. The molecule has 7 nitrogen and oxygen atoms in total. The molecule has 1 aromatic heterocycles. The molecule has 0 radical (unpaired) electrons. The van der Waals surface area contributed by atoms with Crippen LogP contribution in [0.25, 0.3) is 0 Å². The summed E-state index contributed by atoms with van der Waals surface area (Å²) in [5, 5.41) is 6.76. The predicted octanol–water partition coefficient (Wildman–Crippen LogP) is 0.799. The number of anilines is 1. The average Bonchev–Trinajstić information content (AvgIpc) is 2.90. The molecule has 1 heterocycles. The van der Waals surface area contributed by atoms with E-state index in [0.29, 0.717) is 23.9 Å². The molecular weight excluding hydrogens is 272 g/mol. The van der Waals surface area contributed by atoms with Gasteiger partial charge in [-0.3, -0.25) is 9.48 Å². The summed E-state index contributed by atoms with van der Waals surface area (Å²) >= 11 is 0. The van der Waals surface area contributed by atoms with Gasteiger partial charge in [0, 0.05) is 24.4 Å². The number of rotatable bonds is 6.